The molecule has 166 valence electrons. The van der Waals surface area contributed by atoms with E-state index in [4.69, 9.17) is 16.3 Å². The zero-order valence-corrected chi connectivity index (χ0v) is 18.9. The lowest BCUT2D eigenvalue weighted by Crippen LogP contribution is -2.49. The van der Waals surface area contributed by atoms with Crippen LogP contribution in [0.5, 0.6) is 5.75 Å². The van der Waals surface area contributed by atoms with Gasteiger partial charge in [0.2, 0.25) is 0 Å². The maximum absolute atomic E-state index is 11.8. The fourth-order valence-electron chi connectivity index (χ4n) is 5.55. The van der Waals surface area contributed by atoms with Crippen LogP contribution in [0, 0.1) is 17.2 Å². The molecule has 0 aromatic heterocycles. The molecule has 2 aromatic rings. The number of aryl methyl sites for hydroxylation is 1. The number of carbonyl (C=O) groups excluding carboxylic acids is 1. The number of phenols is 1. The number of aliphatic hydroxyl groups is 1. The Balaban J connectivity index is 1.66. The van der Waals surface area contributed by atoms with Crippen LogP contribution in [-0.2, 0) is 16.6 Å². The lowest BCUT2D eigenvalue weighted by atomic mass is 9.53. The first-order valence-electron chi connectivity index (χ1n) is 10.9. The number of carbonyl (C=O) groups is 1. The molecule has 1 fully saturated rings. The molecule has 32 heavy (non-hydrogen) atoms. The van der Waals surface area contributed by atoms with E-state index >= 15 is 0 Å². The fraction of sp³-hybridized carbons (Fsp3) is 0.370. The van der Waals surface area contributed by atoms with Crippen LogP contribution in [0.1, 0.15) is 59.2 Å². The Morgan fingerprint density at radius 2 is 2.12 bits per heavy atom. The molecule has 2 aliphatic rings. The molecule has 0 aliphatic heterocycles. The van der Waals surface area contributed by atoms with Gasteiger partial charge in [-0.15, -0.1) is 0 Å². The number of aromatic hydroxyl groups is 1. The summed E-state index contributed by atoms with van der Waals surface area (Å²) in [6.07, 6.45) is 8.69. The summed E-state index contributed by atoms with van der Waals surface area (Å²) in [5, 5.41) is 23.4. The van der Waals surface area contributed by atoms with E-state index in [-0.39, 0.29) is 23.1 Å². The van der Waals surface area contributed by atoms with Crippen LogP contribution in [0.25, 0.3) is 6.08 Å². The van der Waals surface area contributed by atoms with Gasteiger partial charge in [-0.2, -0.15) is 0 Å². The minimum Gasteiger partial charge on any atom is -0.508 e. The van der Waals surface area contributed by atoms with E-state index in [2.05, 4.69) is 17.4 Å². The number of halogens is 1. The third-order valence-electron chi connectivity index (χ3n) is 7.12. The zero-order chi connectivity index (χ0) is 22.8. The van der Waals surface area contributed by atoms with E-state index in [1.54, 1.807) is 12.1 Å². The summed E-state index contributed by atoms with van der Waals surface area (Å²) in [5.41, 5.74) is 2.69. The van der Waals surface area contributed by atoms with Gasteiger partial charge in [0, 0.05) is 10.8 Å². The van der Waals surface area contributed by atoms with E-state index in [0.29, 0.717) is 18.4 Å². The maximum atomic E-state index is 11.8. The van der Waals surface area contributed by atoms with E-state index < -0.39 is 5.60 Å². The first-order valence-corrected chi connectivity index (χ1v) is 11.3. The highest BCUT2D eigenvalue weighted by Crippen LogP contribution is 2.55. The zero-order valence-electron chi connectivity index (χ0n) is 18.1. The molecule has 0 spiro atoms. The van der Waals surface area contributed by atoms with E-state index in [1.165, 1.54) is 18.2 Å². The van der Waals surface area contributed by atoms with Crippen LogP contribution in [0.3, 0.4) is 0 Å². The van der Waals surface area contributed by atoms with Crippen molar-refractivity contribution >= 4 is 23.6 Å². The highest BCUT2D eigenvalue weighted by molar-refractivity contribution is 6.30. The van der Waals surface area contributed by atoms with Gasteiger partial charge in [0.25, 0.3) is 0 Å². The van der Waals surface area contributed by atoms with E-state index in [1.807, 2.05) is 36.4 Å². The van der Waals surface area contributed by atoms with Gasteiger partial charge in [0.15, 0.2) is 0 Å². The number of ether oxygens (including phenoxy) is 1. The lowest BCUT2D eigenvalue weighted by molar-refractivity contribution is -0.00710. The van der Waals surface area contributed by atoms with Crippen molar-refractivity contribution in [1.29, 1.82) is 0 Å². The Hall–Kier alpha value is -2.74. The molecule has 4 nitrogen and oxygen atoms in total. The minimum absolute atomic E-state index is 0.141. The highest BCUT2D eigenvalue weighted by Gasteiger charge is 2.50. The fourth-order valence-corrected chi connectivity index (χ4v) is 5.72. The van der Waals surface area contributed by atoms with Crippen LogP contribution in [0.4, 0.5) is 0 Å². The van der Waals surface area contributed by atoms with Crippen LogP contribution in [0.15, 0.2) is 48.5 Å². The first-order chi connectivity index (χ1) is 15.4. The number of allylic oxidation sites excluding steroid dienone is 1. The molecule has 2 N–H and O–H groups in total. The van der Waals surface area contributed by atoms with Crippen molar-refractivity contribution in [3.63, 3.8) is 0 Å². The molecule has 2 aromatic carbocycles. The molecule has 0 saturated heterocycles. The largest absolute Gasteiger partial charge is 0.508 e. The third kappa shape index (κ3) is 4.28. The molecular formula is C27H27ClO4. The van der Waals surface area contributed by atoms with Crippen molar-refractivity contribution in [2.75, 3.05) is 7.11 Å². The molecular weight excluding hydrogens is 424 g/mol. The highest BCUT2D eigenvalue weighted by atomic mass is 35.5. The van der Waals surface area contributed by atoms with E-state index in [0.717, 1.165) is 31.2 Å². The van der Waals surface area contributed by atoms with Gasteiger partial charge in [0.05, 0.1) is 12.7 Å². The molecule has 0 bridgehead atoms. The molecule has 0 unspecified atom stereocenters. The van der Waals surface area contributed by atoms with Crippen molar-refractivity contribution < 1.29 is 19.7 Å². The second-order valence-electron chi connectivity index (χ2n) is 8.91. The van der Waals surface area contributed by atoms with Crippen molar-refractivity contribution in [3.05, 3.63) is 70.8 Å². The third-order valence-corrected chi connectivity index (χ3v) is 7.21. The second kappa shape index (κ2) is 9.02. The standard InChI is InChI=1S/C27H27ClO4/c1-32-25(30)21-6-2-4-19(16-21)5-3-11-27-13-12-26(31,14-15-28)18-22(27)8-7-20-17-23(29)9-10-24(20)27/h2-6,9-10,16-17,22,29,31H,7-8,11-13,18H2,1H3/t22-,26+,27-/m0/s1. The normalized spacial score (nSPS) is 26.5. The summed E-state index contributed by atoms with van der Waals surface area (Å²) >= 11 is 5.64. The van der Waals surface area contributed by atoms with Gasteiger partial charge in [-0.1, -0.05) is 36.3 Å². The second-order valence-corrected chi connectivity index (χ2v) is 9.10. The Morgan fingerprint density at radius 3 is 2.91 bits per heavy atom. The summed E-state index contributed by atoms with van der Waals surface area (Å²) < 4.78 is 4.82. The van der Waals surface area contributed by atoms with Gasteiger partial charge in [-0.3, -0.25) is 0 Å². The summed E-state index contributed by atoms with van der Waals surface area (Å²) in [6, 6.07) is 13.0. The van der Waals surface area contributed by atoms with Gasteiger partial charge in [0.1, 0.15) is 11.4 Å². The smallest absolute Gasteiger partial charge is 0.337 e. The van der Waals surface area contributed by atoms with Gasteiger partial charge in [-0.25, -0.2) is 4.79 Å². The maximum Gasteiger partial charge on any atom is 0.337 e. The topological polar surface area (TPSA) is 66.8 Å². The summed E-state index contributed by atoms with van der Waals surface area (Å²) in [6.45, 7) is 0. The minimum atomic E-state index is -1.05. The van der Waals surface area contributed by atoms with Crippen molar-refractivity contribution in [2.24, 2.45) is 5.92 Å². The average molecular weight is 451 g/mol. The number of methoxy groups -OCH3 is 1. The number of benzene rings is 2. The van der Waals surface area contributed by atoms with Crippen molar-refractivity contribution in [2.45, 2.75) is 49.5 Å². The number of phenolic OH excluding ortho intramolecular Hbond substituents is 1. The van der Waals surface area contributed by atoms with Crippen LogP contribution >= 0.6 is 11.6 Å². The molecule has 5 heteroatoms. The quantitative estimate of drug-likeness (QED) is 0.496. The molecule has 2 aliphatic carbocycles. The molecule has 4 rings (SSSR count). The van der Waals surface area contributed by atoms with Gasteiger partial charge >= 0.3 is 5.97 Å². The first kappa shape index (κ1) is 22.5. The number of fused-ring (bicyclic) bond motifs is 3. The van der Waals surface area contributed by atoms with Crippen LogP contribution in [-0.4, -0.2) is 28.9 Å². The SMILES string of the molecule is COC(=O)c1cccc(C=CC[C@]23CC[C@@](O)(C#CCl)C[C@@H]2CCc2cc(O)ccc23)c1. The predicted molar refractivity (Wildman–Crippen MR) is 125 cm³/mol. The number of esters is 1. The number of hydrogen-bond acceptors (Lipinski definition) is 4. The Bertz CT molecular complexity index is 1110. The van der Waals surface area contributed by atoms with Gasteiger partial charge in [-0.05, 0) is 97.0 Å². The van der Waals surface area contributed by atoms with Crippen molar-refractivity contribution in [3.8, 4) is 17.0 Å². The number of rotatable bonds is 4. The Kier molecular flexibility index (Phi) is 6.33. The average Bonchev–Trinajstić information content (AvgIpc) is 2.79. The Morgan fingerprint density at radius 1 is 1.28 bits per heavy atom. The molecule has 0 radical (unpaired) electrons. The van der Waals surface area contributed by atoms with Crippen molar-refractivity contribution in [1.82, 2.24) is 0 Å². The molecule has 3 atom stereocenters. The lowest BCUT2D eigenvalue weighted by Gasteiger charge is -2.52. The molecule has 0 amide bonds. The Labute approximate surface area is 193 Å². The molecule has 1 saturated carbocycles. The van der Waals surface area contributed by atoms with Gasteiger partial charge < -0.3 is 14.9 Å². The number of hydrogen-bond donors (Lipinski definition) is 2. The molecule has 0 heterocycles. The van der Waals surface area contributed by atoms with Crippen LogP contribution < -0.4 is 0 Å². The summed E-state index contributed by atoms with van der Waals surface area (Å²) in [5.74, 6) is 3.00. The summed E-state index contributed by atoms with van der Waals surface area (Å²) in [4.78, 5) is 11.8. The summed E-state index contributed by atoms with van der Waals surface area (Å²) in [7, 11) is 1.38. The van der Waals surface area contributed by atoms with Crippen LogP contribution in [0.2, 0.25) is 0 Å². The van der Waals surface area contributed by atoms with E-state index in [9.17, 15) is 15.0 Å². The predicted octanol–water partition coefficient (Wildman–Crippen LogP) is 5.20. The monoisotopic (exact) mass is 450 g/mol.